The second kappa shape index (κ2) is 9.49. The summed E-state index contributed by atoms with van der Waals surface area (Å²) in [5, 5.41) is 14.0. The zero-order valence-electron chi connectivity index (χ0n) is 17.5. The van der Waals surface area contributed by atoms with Crippen LogP contribution in [0.5, 0.6) is 0 Å². The Balaban J connectivity index is 1.45. The lowest BCUT2D eigenvalue weighted by Crippen LogP contribution is -2.49. The molecule has 2 saturated carbocycles. The van der Waals surface area contributed by atoms with Crippen molar-refractivity contribution in [2.75, 3.05) is 19.6 Å². The molecule has 5 heteroatoms. The van der Waals surface area contributed by atoms with Crippen LogP contribution < -0.4 is 5.32 Å². The van der Waals surface area contributed by atoms with Gasteiger partial charge in [-0.3, -0.25) is 4.79 Å². The molecular formula is C24H35BrN2O2. The van der Waals surface area contributed by atoms with E-state index < -0.39 is 5.60 Å². The molecule has 1 amide bonds. The second-order valence-corrected chi connectivity index (χ2v) is 10.3. The number of carbonyl (C=O) groups is 1. The van der Waals surface area contributed by atoms with Crippen LogP contribution in [0.2, 0.25) is 0 Å². The third-order valence-electron chi connectivity index (χ3n) is 7.31. The first-order chi connectivity index (χ1) is 14.1. The normalized spacial score (nSPS) is 24.9. The van der Waals surface area contributed by atoms with Gasteiger partial charge in [0.25, 0.3) is 0 Å². The first-order valence-corrected chi connectivity index (χ1v) is 12.4. The first kappa shape index (κ1) is 21.3. The molecule has 0 aromatic heterocycles. The molecule has 4 nitrogen and oxygen atoms in total. The van der Waals surface area contributed by atoms with Crippen molar-refractivity contribution in [3.63, 3.8) is 0 Å². The van der Waals surface area contributed by atoms with E-state index in [0.717, 1.165) is 43.1 Å². The fourth-order valence-corrected chi connectivity index (χ4v) is 6.16. The maximum Gasteiger partial charge on any atom is 0.237 e. The fraction of sp³-hybridized carbons (Fsp3) is 0.708. The van der Waals surface area contributed by atoms with E-state index in [-0.39, 0.29) is 11.9 Å². The van der Waals surface area contributed by atoms with Crippen LogP contribution in [-0.4, -0.2) is 41.1 Å². The maximum absolute atomic E-state index is 13.2. The average molecular weight is 463 g/mol. The molecule has 1 aromatic rings. The first-order valence-electron chi connectivity index (χ1n) is 11.6. The molecule has 1 atom stereocenters. The summed E-state index contributed by atoms with van der Waals surface area (Å²) in [5.74, 6) is 0.754. The van der Waals surface area contributed by atoms with Gasteiger partial charge in [0.05, 0.1) is 18.2 Å². The Morgan fingerprint density at radius 3 is 2.62 bits per heavy atom. The number of benzene rings is 1. The van der Waals surface area contributed by atoms with E-state index in [1.807, 2.05) is 0 Å². The van der Waals surface area contributed by atoms with Crippen LogP contribution in [0.15, 0.2) is 22.7 Å². The lowest BCUT2D eigenvalue weighted by molar-refractivity contribution is -0.135. The highest BCUT2D eigenvalue weighted by atomic mass is 79.9. The minimum atomic E-state index is -0.623. The molecule has 0 spiro atoms. The highest BCUT2D eigenvalue weighted by Gasteiger charge is 2.37. The van der Waals surface area contributed by atoms with Crippen LogP contribution in [0.1, 0.15) is 81.4 Å². The van der Waals surface area contributed by atoms with Gasteiger partial charge >= 0.3 is 0 Å². The number of nitrogens with zero attached hydrogens (tertiary/aromatic N) is 1. The van der Waals surface area contributed by atoms with Crippen LogP contribution in [0, 0.1) is 5.92 Å². The van der Waals surface area contributed by atoms with Gasteiger partial charge in [-0.2, -0.15) is 0 Å². The van der Waals surface area contributed by atoms with Gasteiger partial charge in [0, 0.05) is 17.6 Å². The van der Waals surface area contributed by atoms with Crippen molar-refractivity contribution < 1.29 is 9.90 Å². The van der Waals surface area contributed by atoms with Gasteiger partial charge in [-0.05, 0) is 61.3 Å². The molecule has 4 rings (SSSR count). The summed E-state index contributed by atoms with van der Waals surface area (Å²) in [6, 6.07) is 6.80. The number of hydrogen-bond donors (Lipinski definition) is 2. The van der Waals surface area contributed by atoms with Gasteiger partial charge in [-0.25, -0.2) is 0 Å². The summed E-state index contributed by atoms with van der Waals surface area (Å²) in [4.78, 5) is 15.4. The Bertz CT molecular complexity index is 711. The largest absolute Gasteiger partial charge is 0.389 e. The smallest absolute Gasteiger partial charge is 0.237 e. The number of fused-ring (bicyclic) bond motifs is 1. The number of amides is 1. The minimum absolute atomic E-state index is 0.188. The minimum Gasteiger partial charge on any atom is -0.389 e. The van der Waals surface area contributed by atoms with Gasteiger partial charge in [0.1, 0.15) is 0 Å². The summed E-state index contributed by atoms with van der Waals surface area (Å²) in [7, 11) is 0. The third kappa shape index (κ3) is 5.05. The van der Waals surface area contributed by atoms with Gasteiger partial charge < -0.3 is 15.3 Å². The van der Waals surface area contributed by atoms with E-state index in [4.69, 9.17) is 0 Å². The van der Waals surface area contributed by atoms with Crippen LogP contribution in [0.4, 0.5) is 0 Å². The number of aliphatic hydroxyl groups is 1. The molecule has 1 aliphatic heterocycles. The van der Waals surface area contributed by atoms with Crippen molar-refractivity contribution in [3.8, 4) is 0 Å². The van der Waals surface area contributed by atoms with E-state index in [0.29, 0.717) is 19.0 Å². The highest BCUT2D eigenvalue weighted by molar-refractivity contribution is 9.10. The molecular weight excluding hydrogens is 428 g/mol. The van der Waals surface area contributed by atoms with Crippen molar-refractivity contribution in [2.45, 2.75) is 82.3 Å². The predicted octanol–water partition coefficient (Wildman–Crippen LogP) is 4.74. The number of rotatable bonds is 5. The monoisotopic (exact) mass is 462 g/mol. The molecule has 160 valence electrons. The summed E-state index contributed by atoms with van der Waals surface area (Å²) in [5.41, 5.74) is 2.12. The van der Waals surface area contributed by atoms with Gasteiger partial charge in [-0.15, -0.1) is 0 Å². The zero-order valence-corrected chi connectivity index (χ0v) is 19.1. The standard InChI is InChI=1S/C24H35BrN2O2/c25-20-9-10-21-19(15-20)11-14-27(23(21)18-7-3-1-4-8-18)22(28)16-26-17-24(29)12-5-2-6-13-24/h9-10,15,18,23,26,29H,1-8,11-14,16-17H2. The summed E-state index contributed by atoms with van der Waals surface area (Å²) >= 11 is 3.61. The van der Waals surface area contributed by atoms with E-state index in [1.165, 1.54) is 49.7 Å². The lowest BCUT2D eigenvalue weighted by Gasteiger charge is -2.43. The summed E-state index contributed by atoms with van der Waals surface area (Å²) < 4.78 is 1.13. The number of nitrogens with one attached hydrogen (secondary N) is 1. The predicted molar refractivity (Wildman–Crippen MR) is 120 cm³/mol. The summed E-state index contributed by atoms with van der Waals surface area (Å²) in [6.07, 6.45) is 12.3. The van der Waals surface area contributed by atoms with Crippen molar-refractivity contribution in [1.82, 2.24) is 10.2 Å². The molecule has 0 radical (unpaired) electrons. The van der Waals surface area contributed by atoms with Crippen molar-refractivity contribution in [1.29, 1.82) is 0 Å². The van der Waals surface area contributed by atoms with Crippen LogP contribution >= 0.6 is 15.9 Å². The molecule has 1 heterocycles. The Kier molecular flexibility index (Phi) is 6.98. The van der Waals surface area contributed by atoms with Crippen LogP contribution in [-0.2, 0) is 11.2 Å². The van der Waals surface area contributed by atoms with Gasteiger partial charge in [0.15, 0.2) is 0 Å². The highest BCUT2D eigenvalue weighted by Crippen LogP contribution is 2.42. The van der Waals surface area contributed by atoms with E-state index in [1.54, 1.807) is 0 Å². The molecule has 1 unspecified atom stereocenters. The maximum atomic E-state index is 13.2. The van der Waals surface area contributed by atoms with Crippen LogP contribution in [0.25, 0.3) is 0 Å². The summed E-state index contributed by atoms with van der Waals surface area (Å²) in [6.45, 7) is 1.66. The number of halogens is 1. The molecule has 3 aliphatic rings. The van der Waals surface area contributed by atoms with Gasteiger partial charge in [0.2, 0.25) is 5.91 Å². The average Bonchev–Trinajstić information content (AvgIpc) is 2.73. The molecule has 2 N–H and O–H groups in total. The molecule has 0 bridgehead atoms. The zero-order chi connectivity index (χ0) is 20.3. The Morgan fingerprint density at radius 1 is 1.14 bits per heavy atom. The van der Waals surface area contributed by atoms with Crippen LogP contribution in [0.3, 0.4) is 0 Å². The topological polar surface area (TPSA) is 52.6 Å². The Labute approximate surface area is 183 Å². The van der Waals surface area contributed by atoms with E-state index in [9.17, 15) is 9.90 Å². The third-order valence-corrected chi connectivity index (χ3v) is 7.81. The molecule has 2 fully saturated rings. The number of hydrogen-bond acceptors (Lipinski definition) is 3. The van der Waals surface area contributed by atoms with Gasteiger partial charge in [-0.1, -0.05) is 60.5 Å². The van der Waals surface area contributed by atoms with E-state index in [2.05, 4.69) is 44.3 Å². The molecule has 0 saturated heterocycles. The van der Waals surface area contributed by atoms with Crippen molar-refractivity contribution >= 4 is 21.8 Å². The SMILES string of the molecule is O=C(CNCC1(O)CCCCC1)N1CCc2cc(Br)ccc2C1C1CCCCC1. The fourth-order valence-electron chi connectivity index (χ4n) is 5.76. The quantitative estimate of drug-likeness (QED) is 0.663. The molecule has 29 heavy (non-hydrogen) atoms. The van der Waals surface area contributed by atoms with E-state index >= 15 is 0 Å². The Morgan fingerprint density at radius 2 is 1.86 bits per heavy atom. The number of carbonyl (C=O) groups excluding carboxylic acids is 1. The van der Waals surface area contributed by atoms with Crippen molar-refractivity contribution in [2.24, 2.45) is 5.92 Å². The lowest BCUT2D eigenvalue weighted by atomic mass is 9.77. The molecule has 2 aliphatic carbocycles. The molecule has 1 aromatic carbocycles. The van der Waals surface area contributed by atoms with Crippen molar-refractivity contribution in [3.05, 3.63) is 33.8 Å². The Hall–Kier alpha value is -0.910. The second-order valence-electron chi connectivity index (χ2n) is 9.41.